The molecule has 0 N–H and O–H groups in total. The first-order valence-electron chi connectivity index (χ1n) is 11.6. The summed E-state index contributed by atoms with van der Waals surface area (Å²) >= 11 is 0. The van der Waals surface area contributed by atoms with Crippen molar-refractivity contribution in [3.05, 3.63) is 24.3 Å². The number of rotatable bonds is 10. The van der Waals surface area contributed by atoms with Crippen LogP contribution in [0.5, 0.6) is 0 Å². The van der Waals surface area contributed by atoms with Crippen LogP contribution in [0.3, 0.4) is 0 Å². The van der Waals surface area contributed by atoms with Gasteiger partial charge in [0.25, 0.3) is 0 Å². The number of hydrogen-bond donors (Lipinski definition) is 0. The van der Waals surface area contributed by atoms with Gasteiger partial charge >= 0.3 is 37.7 Å². The van der Waals surface area contributed by atoms with Crippen LogP contribution >= 0.6 is 16.3 Å². The Balaban J connectivity index is -0.000000214. The van der Waals surface area contributed by atoms with Crippen molar-refractivity contribution < 1.29 is 37.7 Å². The molecule has 0 heterocycles. The van der Waals surface area contributed by atoms with Crippen LogP contribution in [0.15, 0.2) is 24.3 Å². The third kappa shape index (κ3) is 33.5. The van der Waals surface area contributed by atoms with Crippen molar-refractivity contribution in [3.63, 3.8) is 0 Å². The molecule has 0 atom stereocenters. The van der Waals surface area contributed by atoms with Gasteiger partial charge in [-0.05, 0) is 56.4 Å². The van der Waals surface area contributed by atoms with Gasteiger partial charge in [-0.1, -0.05) is 63.5 Å². The van der Waals surface area contributed by atoms with E-state index in [0.717, 1.165) is 26.2 Å². The molecule has 34 heavy (non-hydrogen) atoms. The first-order chi connectivity index (χ1) is 14.4. The second-order valence-electron chi connectivity index (χ2n) is 11.3. The van der Waals surface area contributed by atoms with Gasteiger partial charge in [-0.2, -0.15) is 0 Å². The van der Waals surface area contributed by atoms with Crippen molar-refractivity contribution in [1.82, 2.24) is 19.6 Å². The predicted octanol–water partition coefficient (Wildman–Crippen LogP) is -1.27. The van der Waals surface area contributed by atoms with Gasteiger partial charge in [-0.25, -0.2) is 10.6 Å². The minimum Gasteiger partial charge on any atom is -0.510 e. The number of nitrogens with zero attached hydrogens (tertiary/aromatic N) is 4. The molecular formula is C24H54Li2N4P2Si2. The molecule has 0 spiro atoms. The molecule has 0 aliphatic rings. The van der Waals surface area contributed by atoms with E-state index in [9.17, 15) is 0 Å². The van der Waals surface area contributed by atoms with E-state index in [1.165, 1.54) is 0 Å². The molecule has 0 aromatic heterocycles. The van der Waals surface area contributed by atoms with E-state index in [-0.39, 0.29) is 37.7 Å². The van der Waals surface area contributed by atoms with Gasteiger partial charge in [0.05, 0.1) is 0 Å². The zero-order valence-electron chi connectivity index (χ0n) is 25.8. The third-order valence-electron chi connectivity index (χ3n) is 3.78. The molecule has 0 aliphatic heterocycles. The van der Waals surface area contributed by atoms with Crippen molar-refractivity contribution in [2.75, 3.05) is 82.6 Å². The Hall–Kier alpha value is 1.55. The van der Waals surface area contributed by atoms with Gasteiger partial charge in [-0.15, -0.1) is 15.5 Å². The normalized spacial score (nSPS) is 12.1. The molecule has 0 amide bonds. The van der Waals surface area contributed by atoms with Crippen LogP contribution in [-0.2, 0) is 0 Å². The van der Waals surface area contributed by atoms with E-state index in [2.05, 4.69) is 140 Å². The zero-order chi connectivity index (χ0) is 25.5. The molecule has 0 radical (unpaired) electrons. The molecule has 190 valence electrons. The van der Waals surface area contributed by atoms with E-state index in [4.69, 9.17) is 0 Å². The molecule has 4 nitrogen and oxygen atoms in total. The van der Waals surface area contributed by atoms with Crippen molar-refractivity contribution in [2.45, 2.75) is 39.3 Å². The van der Waals surface area contributed by atoms with Crippen LogP contribution in [0.1, 0.15) is 0 Å². The first kappa shape index (κ1) is 42.6. The SMILES string of the molecule is CN(C)CCN(C)C.CN(C)CCN(C)C.C[Si](C)(C)[P-]c1ccccc1[P-][Si](C)(C)C.[Li+].[Li+]. The van der Waals surface area contributed by atoms with Gasteiger partial charge < -0.3 is 35.9 Å². The maximum Gasteiger partial charge on any atom is 1.00 e. The molecule has 0 aliphatic carbocycles. The molecule has 1 rings (SSSR count). The smallest absolute Gasteiger partial charge is 0.510 e. The van der Waals surface area contributed by atoms with Gasteiger partial charge in [0.15, 0.2) is 0 Å². The summed E-state index contributed by atoms with van der Waals surface area (Å²) in [5.74, 6) is 0. The van der Waals surface area contributed by atoms with Crippen LogP contribution in [-0.4, -0.2) is 118 Å². The molecule has 0 unspecified atom stereocenters. The summed E-state index contributed by atoms with van der Waals surface area (Å²) in [4.78, 5) is 8.72. The van der Waals surface area contributed by atoms with Crippen LogP contribution < -0.4 is 48.3 Å². The average molecular weight is 531 g/mol. The average Bonchev–Trinajstić information content (AvgIpc) is 2.59. The van der Waals surface area contributed by atoms with Crippen molar-refractivity contribution in [1.29, 1.82) is 0 Å². The van der Waals surface area contributed by atoms with Crippen LogP contribution in [0.25, 0.3) is 0 Å². The summed E-state index contributed by atoms with van der Waals surface area (Å²) in [5.41, 5.74) is 0. The third-order valence-corrected chi connectivity index (χ3v) is 12.0. The molecular weight excluding hydrogens is 476 g/mol. The fourth-order valence-corrected chi connectivity index (χ4v) is 10.7. The molecule has 0 saturated heterocycles. The van der Waals surface area contributed by atoms with Crippen LogP contribution in [0.2, 0.25) is 39.3 Å². The largest absolute Gasteiger partial charge is 1.00 e. The van der Waals surface area contributed by atoms with E-state index < -0.39 is 15.5 Å². The fourth-order valence-electron chi connectivity index (χ4n) is 2.18. The Morgan fingerprint density at radius 3 is 0.853 bits per heavy atom. The van der Waals surface area contributed by atoms with E-state index in [1.54, 1.807) is 26.9 Å². The quantitative estimate of drug-likeness (QED) is 0.276. The minimum atomic E-state index is -1.02. The number of hydrogen-bond acceptors (Lipinski definition) is 4. The van der Waals surface area contributed by atoms with Crippen molar-refractivity contribution >= 4 is 42.3 Å². The van der Waals surface area contributed by atoms with E-state index in [0.29, 0.717) is 0 Å². The maximum atomic E-state index is 2.44. The number of likely N-dealkylation sites (N-methyl/N-ethyl adjacent to an activating group) is 4. The van der Waals surface area contributed by atoms with Gasteiger partial charge in [0.1, 0.15) is 0 Å². The number of benzene rings is 1. The fraction of sp³-hybridized carbons (Fsp3) is 0.750. The van der Waals surface area contributed by atoms with E-state index >= 15 is 0 Å². The van der Waals surface area contributed by atoms with Crippen LogP contribution in [0.4, 0.5) is 0 Å². The standard InChI is InChI=1S/C12H22P2Si2.2C6H16N2.2Li/c1-15(2,3)13-11-9-7-8-10-12(11)14-16(4,5)6;2*1-7(2)5-6-8(3)4;;/h7-10H,1-6H3;2*5-6H2,1-4H3;;/q-2;;;2*+1. The summed E-state index contributed by atoms with van der Waals surface area (Å²) < 4.78 is 0. The summed E-state index contributed by atoms with van der Waals surface area (Å²) in [6, 6.07) is 9.02. The zero-order valence-corrected chi connectivity index (χ0v) is 29.6. The van der Waals surface area contributed by atoms with Gasteiger partial charge in [0.2, 0.25) is 0 Å². The molecule has 1 aromatic rings. The minimum absolute atomic E-state index is 0. The molecule has 0 bridgehead atoms. The second kappa shape index (κ2) is 22.5. The summed E-state index contributed by atoms with van der Waals surface area (Å²) in [7, 11) is 17.8. The van der Waals surface area contributed by atoms with E-state index in [1.807, 2.05) is 0 Å². The predicted molar refractivity (Wildman–Crippen MR) is 160 cm³/mol. The van der Waals surface area contributed by atoms with Crippen LogP contribution in [0, 0.1) is 0 Å². The second-order valence-corrected chi connectivity index (χ2v) is 30.8. The Labute approximate surface area is 244 Å². The van der Waals surface area contributed by atoms with Crippen molar-refractivity contribution in [3.8, 4) is 0 Å². The summed E-state index contributed by atoms with van der Waals surface area (Å²) in [6.45, 7) is 19.2. The van der Waals surface area contributed by atoms with Crippen molar-refractivity contribution in [2.24, 2.45) is 0 Å². The topological polar surface area (TPSA) is 13.0 Å². The van der Waals surface area contributed by atoms with Gasteiger partial charge in [0, 0.05) is 26.2 Å². The Bertz CT molecular complexity index is 528. The monoisotopic (exact) mass is 530 g/mol. The molecule has 0 fully saturated rings. The summed E-state index contributed by atoms with van der Waals surface area (Å²) in [6.07, 6.45) is 0. The Morgan fingerprint density at radius 2 is 0.706 bits per heavy atom. The molecule has 1 aromatic carbocycles. The van der Waals surface area contributed by atoms with Gasteiger partial charge in [-0.3, -0.25) is 0 Å². The Morgan fingerprint density at radius 1 is 0.500 bits per heavy atom. The summed E-state index contributed by atoms with van der Waals surface area (Å²) in [5, 5.41) is 3.15. The Kier molecular flexibility index (Phi) is 28.2. The molecule has 0 saturated carbocycles. The maximum absolute atomic E-state index is 2.44. The first-order valence-corrected chi connectivity index (χ1v) is 22.0. The molecule has 10 heteroatoms.